The van der Waals surface area contributed by atoms with Crippen molar-refractivity contribution in [3.05, 3.63) is 144 Å². The molecular formula is C40H42O11. The zero-order valence-electron chi connectivity index (χ0n) is 27.9. The molecule has 0 spiro atoms. The van der Waals surface area contributed by atoms with Crippen LogP contribution in [0, 0.1) is 0 Å². The van der Waals surface area contributed by atoms with E-state index in [-0.39, 0.29) is 26.4 Å². The van der Waals surface area contributed by atoms with Gasteiger partial charge in [0.1, 0.15) is 48.8 Å². The standard InChI is InChI=1S/C40H42O11/c41-31-34(43-21-25-13-5-1-6-14-25)32-30(24-46-38(49-32)27-17-9-3-10-18-27)48-40(31)51-36-35(44-22-26-15-7-2-8-16-26)33-29(47-37(36)42)23-45-39(50-33)28-19-11-4-12-20-28/h1-20,29-42H,21-24H2/t29-,30-,31+,32-,33-,34-,35+,36+,37?,38?,39?,40+/m1/s1. The molecule has 4 aromatic rings. The van der Waals surface area contributed by atoms with Gasteiger partial charge in [0, 0.05) is 11.1 Å². The molecule has 0 aromatic heterocycles. The van der Waals surface area contributed by atoms with Crippen molar-refractivity contribution in [2.45, 2.75) is 87.2 Å². The van der Waals surface area contributed by atoms with E-state index in [1.54, 1.807) is 0 Å². The van der Waals surface area contributed by atoms with E-state index in [1.165, 1.54) is 0 Å². The van der Waals surface area contributed by atoms with Crippen molar-refractivity contribution in [1.29, 1.82) is 0 Å². The van der Waals surface area contributed by atoms with E-state index in [0.717, 1.165) is 22.3 Å². The van der Waals surface area contributed by atoms with Gasteiger partial charge in [0.05, 0.1) is 26.4 Å². The average molecular weight is 699 g/mol. The Labute approximate surface area is 296 Å². The predicted octanol–water partition coefficient (Wildman–Crippen LogP) is 4.57. The summed E-state index contributed by atoms with van der Waals surface area (Å²) in [6.07, 6.45) is -10.9. The molecule has 12 atom stereocenters. The number of hydrogen-bond acceptors (Lipinski definition) is 11. The summed E-state index contributed by atoms with van der Waals surface area (Å²) in [4.78, 5) is 0. The van der Waals surface area contributed by atoms with Crippen LogP contribution in [0.15, 0.2) is 121 Å². The molecule has 268 valence electrons. The number of benzene rings is 4. The molecule has 51 heavy (non-hydrogen) atoms. The summed E-state index contributed by atoms with van der Waals surface area (Å²) in [7, 11) is 0. The Morgan fingerprint density at radius 3 is 1.49 bits per heavy atom. The van der Waals surface area contributed by atoms with E-state index < -0.39 is 74.0 Å². The number of aliphatic hydroxyl groups is 2. The first-order valence-corrected chi connectivity index (χ1v) is 17.4. The highest BCUT2D eigenvalue weighted by Crippen LogP contribution is 2.40. The van der Waals surface area contributed by atoms with Gasteiger partial charge in [-0.05, 0) is 11.1 Å². The summed E-state index contributed by atoms with van der Waals surface area (Å²) in [5.41, 5.74) is 3.53. The van der Waals surface area contributed by atoms with E-state index in [2.05, 4.69) is 0 Å². The number of rotatable bonds is 10. The molecule has 4 aliphatic rings. The molecule has 2 N–H and O–H groups in total. The van der Waals surface area contributed by atoms with Gasteiger partial charge in [-0.25, -0.2) is 0 Å². The second-order valence-electron chi connectivity index (χ2n) is 13.1. The van der Waals surface area contributed by atoms with Crippen LogP contribution in [0.2, 0.25) is 0 Å². The molecule has 4 fully saturated rings. The van der Waals surface area contributed by atoms with E-state index in [1.807, 2.05) is 121 Å². The van der Waals surface area contributed by atoms with Gasteiger partial charge in [-0.1, -0.05) is 121 Å². The SMILES string of the molecule is OC1O[C@@H]2COC(c3ccccc3)O[C@H]2[C@H](OCc2ccccc2)[C@@H]1O[C@@H]1O[C@@H]2COC(c3ccccc3)O[C@H]2[C@H](OCc2ccccc2)[C@@H]1O. The quantitative estimate of drug-likeness (QED) is 0.242. The fraction of sp³-hybridized carbons (Fsp3) is 0.400. The number of aliphatic hydroxyl groups excluding tert-OH is 2. The van der Waals surface area contributed by atoms with Crippen molar-refractivity contribution in [3.8, 4) is 0 Å². The van der Waals surface area contributed by atoms with Crippen LogP contribution < -0.4 is 0 Å². The zero-order chi connectivity index (χ0) is 34.6. The third-order valence-corrected chi connectivity index (χ3v) is 9.61. The Hall–Kier alpha value is -3.56. The minimum absolute atomic E-state index is 0.156. The van der Waals surface area contributed by atoms with Crippen LogP contribution in [0.25, 0.3) is 0 Å². The minimum atomic E-state index is -1.45. The monoisotopic (exact) mass is 698 g/mol. The van der Waals surface area contributed by atoms with Crippen LogP contribution in [-0.4, -0.2) is 84.8 Å². The maximum absolute atomic E-state index is 11.9. The van der Waals surface area contributed by atoms with Gasteiger partial charge in [-0.2, -0.15) is 0 Å². The largest absolute Gasteiger partial charge is 0.385 e. The Bertz CT molecular complexity index is 1650. The molecule has 11 heteroatoms. The molecule has 0 radical (unpaired) electrons. The van der Waals surface area contributed by atoms with Crippen LogP contribution in [0.4, 0.5) is 0 Å². The molecule has 4 aromatic carbocycles. The van der Waals surface area contributed by atoms with E-state index in [4.69, 9.17) is 42.6 Å². The molecule has 8 rings (SSSR count). The zero-order valence-corrected chi connectivity index (χ0v) is 27.9. The van der Waals surface area contributed by atoms with Crippen LogP contribution in [-0.2, 0) is 55.8 Å². The Morgan fingerprint density at radius 2 is 0.961 bits per heavy atom. The normalized spacial score (nSPS) is 35.0. The summed E-state index contributed by atoms with van der Waals surface area (Å²) in [5.74, 6) is 0. The molecule has 4 aliphatic heterocycles. The highest BCUT2D eigenvalue weighted by molar-refractivity contribution is 5.19. The fourth-order valence-electron chi connectivity index (χ4n) is 7.01. The predicted molar refractivity (Wildman–Crippen MR) is 180 cm³/mol. The van der Waals surface area contributed by atoms with Gasteiger partial charge in [0.15, 0.2) is 25.2 Å². The fourth-order valence-corrected chi connectivity index (χ4v) is 7.01. The molecular weight excluding hydrogens is 656 g/mol. The number of hydrogen-bond donors (Lipinski definition) is 2. The van der Waals surface area contributed by atoms with Gasteiger partial charge in [-0.15, -0.1) is 0 Å². The van der Waals surface area contributed by atoms with Crippen molar-refractivity contribution < 1.29 is 52.8 Å². The first kappa shape index (κ1) is 34.5. The second kappa shape index (κ2) is 16.0. The lowest BCUT2D eigenvalue weighted by molar-refractivity contribution is -0.407. The molecule has 0 saturated carbocycles. The molecule has 4 heterocycles. The van der Waals surface area contributed by atoms with E-state index in [9.17, 15) is 10.2 Å². The summed E-state index contributed by atoms with van der Waals surface area (Å²) in [5, 5.41) is 23.4. The van der Waals surface area contributed by atoms with Crippen molar-refractivity contribution in [3.63, 3.8) is 0 Å². The maximum atomic E-state index is 11.9. The molecule has 0 bridgehead atoms. The third-order valence-electron chi connectivity index (χ3n) is 9.61. The Morgan fingerprint density at radius 1 is 0.510 bits per heavy atom. The molecule has 0 aliphatic carbocycles. The number of ether oxygens (including phenoxy) is 9. The molecule has 3 unspecified atom stereocenters. The lowest BCUT2D eigenvalue weighted by Crippen LogP contribution is -2.67. The van der Waals surface area contributed by atoms with Crippen LogP contribution >= 0.6 is 0 Å². The Kier molecular flexibility index (Phi) is 10.8. The second-order valence-corrected chi connectivity index (χ2v) is 13.1. The van der Waals surface area contributed by atoms with Crippen LogP contribution in [0.1, 0.15) is 34.8 Å². The maximum Gasteiger partial charge on any atom is 0.187 e. The lowest BCUT2D eigenvalue weighted by Gasteiger charge is -2.51. The van der Waals surface area contributed by atoms with Gasteiger partial charge >= 0.3 is 0 Å². The van der Waals surface area contributed by atoms with Crippen molar-refractivity contribution in [2.75, 3.05) is 13.2 Å². The summed E-state index contributed by atoms with van der Waals surface area (Å²) in [6, 6.07) is 38.6. The van der Waals surface area contributed by atoms with Gasteiger partial charge in [0.25, 0.3) is 0 Å². The number of fused-ring (bicyclic) bond motifs is 2. The van der Waals surface area contributed by atoms with Crippen LogP contribution in [0.3, 0.4) is 0 Å². The van der Waals surface area contributed by atoms with Crippen molar-refractivity contribution in [2.24, 2.45) is 0 Å². The summed E-state index contributed by atoms with van der Waals surface area (Å²) >= 11 is 0. The Balaban J connectivity index is 1.05. The van der Waals surface area contributed by atoms with Crippen LogP contribution in [0.5, 0.6) is 0 Å². The third kappa shape index (κ3) is 7.80. The molecule has 0 amide bonds. The first-order chi connectivity index (χ1) is 25.1. The smallest absolute Gasteiger partial charge is 0.187 e. The summed E-state index contributed by atoms with van der Waals surface area (Å²) < 4.78 is 56.8. The summed E-state index contributed by atoms with van der Waals surface area (Å²) in [6.45, 7) is 0.753. The highest BCUT2D eigenvalue weighted by Gasteiger charge is 2.55. The van der Waals surface area contributed by atoms with E-state index in [0.29, 0.717) is 0 Å². The molecule has 4 saturated heterocycles. The average Bonchev–Trinajstić information content (AvgIpc) is 3.19. The van der Waals surface area contributed by atoms with E-state index >= 15 is 0 Å². The highest BCUT2D eigenvalue weighted by atomic mass is 16.8. The van der Waals surface area contributed by atoms with Crippen molar-refractivity contribution in [1.82, 2.24) is 0 Å². The van der Waals surface area contributed by atoms with Crippen molar-refractivity contribution >= 4 is 0 Å². The lowest BCUT2D eigenvalue weighted by atomic mass is 9.95. The van der Waals surface area contributed by atoms with Gasteiger partial charge in [0.2, 0.25) is 0 Å². The van der Waals surface area contributed by atoms with Gasteiger partial charge < -0.3 is 52.8 Å². The topological polar surface area (TPSA) is 124 Å². The van der Waals surface area contributed by atoms with Gasteiger partial charge in [-0.3, -0.25) is 0 Å². The first-order valence-electron chi connectivity index (χ1n) is 17.4. The molecule has 11 nitrogen and oxygen atoms in total. The minimum Gasteiger partial charge on any atom is -0.385 e.